The molecule has 1 unspecified atom stereocenters. The minimum absolute atomic E-state index is 0.114. The average Bonchev–Trinajstić information content (AvgIpc) is 3.33. The van der Waals surface area contributed by atoms with Crippen LogP contribution in [0.15, 0.2) is 28.8 Å². The van der Waals surface area contributed by atoms with E-state index in [2.05, 4.69) is 10.1 Å². The Bertz CT molecular complexity index is 873. The third-order valence-electron chi connectivity index (χ3n) is 5.65. The zero-order chi connectivity index (χ0) is 20.4. The predicted molar refractivity (Wildman–Crippen MR) is 106 cm³/mol. The molecule has 154 valence electrons. The zero-order valence-corrected chi connectivity index (χ0v) is 16.8. The fourth-order valence-corrected chi connectivity index (χ4v) is 4.09. The van der Waals surface area contributed by atoms with E-state index in [-0.39, 0.29) is 17.9 Å². The van der Waals surface area contributed by atoms with Gasteiger partial charge in [-0.05, 0) is 37.1 Å². The lowest BCUT2D eigenvalue weighted by atomic mass is 9.88. The van der Waals surface area contributed by atoms with Crippen LogP contribution >= 0.6 is 0 Å². The number of nitrogens with zero attached hydrogens (tertiary/aromatic N) is 4. The van der Waals surface area contributed by atoms with Crippen LogP contribution in [-0.4, -0.2) is 53.3 Å². The van der Waals surface area contributed by atoms with Gasteiger partial charge in [0.1, 0.15) is 6.10 Å². The summed E-state index contributed by atoms with van der Waals surface area (Å²) < 4.78 is 10.5. The van der Waals surface area contributed by atoms with Crippen LogP contribution in [0.2, 0.25) is 0 Å². The number of rotatable bonds is 5. The molecule has 0 radical (unpaired) electrons. The van der Waals surface area contributed by atoms with Crippen molar-refractivity contribution in [1.82, 2.24) is 15.0 Å². The molecular weight excluding hydrogens is 372 g/mol. The molecule has 1 saturated carbocycles. The van der Waals surface area contributed by atoms with Gasteiger partial charge in [0.25, 0.3) is 0 Å². The first-order valence-corrected chi connectivity index (χ1v) is 10.1. The molecule has 2 amide bonds. The number of amides is 2. The largest absolute Gasteiger partial charge is 0.442 e. The van der Waals surface area contributed by atoms with E-state index < -0.39 is 6.09 Å². The number of carbonyl (C=O) groups excluding carboxylic acids is 2. The molecule has 0 spiro atoms. The lowest BCUT2D eigenvalue weighted by Crippen LogP contribution is -2.40. The Labute approximate surface area is 169 Å². The molecule has 1 atom stereocenters. The highest BCUT2D eigenvalue weighted by Crippen LogP contribution is 2.27. The van der Waals surface area contributed by atoms with Gasteiger partial charge in [0.15, 0.2) is 0 Å². The monoisotopic (exact) mass is 398 g/mol. The van der Waals surface area contributed by atoms with Gasteiger partial charge in [0.2, 0.25) is 17.6 Å². The third-order valence-corrected chi connectivity index (χ3v) is 5.65. The van der Waals surface area contributed by atoms with E-state index in [9.17, 15) is 9.59 Å². The topological polar surface area (TPSA) is 88.8 Å². The summed E-state index contributed by atoms with van der Waals surface area (Å²) in [6, 6.07) is 7.36. The van der Waals surface area contributed by atoms with Gasteiger partial charge < -0.3 is 14.2 Å². The van der Waals surface area contributed by atoms with Crippen LogP contribution < -0.4 is 4.90 Å². The second kappa shape index (κ2) is 8.23. The van der Waals surface area contributed by atoms with Crippen LogP contribution in [-0.2, 0) is 9.53 Å². The number of hydrogen-bond acceptors (Lipinski definition) is 6. The van der Waals surface area contributed by atoms with E-state index in [1.54, 1.807) is 23.8 Å². The first kappa shape index (κ1) is 19.4. The third kappa shape index (κ3) is 4.26. The van der Waals surface area contributed by atoms with E-state index >= 15 is 0 Å². The van der Waals surface area contributed by atoms with Crippen LogP contribution in [0.4, 0.5) is 10.5 Å². The lowest BCUT2D eigenvalue weighted by Gasteiger charge is -2.27. The smallest absolute Gasteiger partial charge is 0.414 e. The van der Waals surface area contributed by atoms with Gasteiger partial charge >= 0.3 is 6.09 Å². The number of anilines is 1. The molecule has 2 aromatic rings. The van der Waals surface area contributed by atoms with Crippen molar-refractivity contribution in [2.45, 2.75) is 45.1 Å². The first-order valence-electron chi connectivity index (χ1n) is 10.1. The summed E-state index contributed by atoms with van der Waals surface area (Å²) in [4.78, 5) is 32.5. The van der Waals surface area contributed by atoms with Crippen molar-refractivity contribution < 1.29 is 18.8 Å². The normalized spacial score (nSPS) is 20.0. The highest BCUT2D eigenvalue weighted by atomic mass is 16.6. The zero-order valence-electron chi connectivity index (χ0n) is 16.8. The van der Waals surface area contributed by atoms with E-state index in [4.69, 9.17) is 9.26 Å². The quantitative estimate of drug-likeness (QED) is 0.767. The summed E-state index contributed by atoms with van der Waals surface area (Å²) in [5, 5.41) is 3.90. The van der Waals surface area contributed by atoms with Gasteiger partial charge in [-0.15, -0.1) is 0 Å². The van der Waals surface area contributed by atoms with E-state index in [1.165, 1.54) is 6.42 Å². The summed E-state index contributed by atoms with van der Waals surface area (Å²) in [7, 11) is 1.80. The molecule has 1 saturated heterocycles. The Morgan fingerprint density at radius 2 is 1.93 bits per heavy atom. The molecule has 0 bridgehead atoms. The van der Waals surface area contributed by atoms with Gasteiger partial charge in [-0.2, -0.15) is 4.98 Å². The van der Waals surface area contributed by atoms with Crippen molar-refractivity contribution in [2.24, 2.45) is 5.92 Å². The van der Waals surface area contributed by atoms with Gasteiger partial charge in [-0.25, -0.2) is 4.79 Å². The Balaban J connectivity index is 1.37. The standard InChI is InChI=1S/C21H26N4O4/c1-14-22-19(23-29-14)15-8-10-17(11-9-15)25-13-18(28-21(25)27)12-24(2)20(26)16-6-4-3-5-7-16/h8-11,16,18H,3-7,12-13H2,1-2H3. The molecule has 4 rings (SSSR count). The number of benzene rings is 1. The summed E-state index contributed by atoms with van der Waals surface area (Å²) in [5.74, 6) is 1.29. The summed E-state index contributed by atoms with van der Waals surface area (Å²) in [5.41, 5.74) is 1.55. The number of aromatic nitrogens is 2. The lowest BCUT2D eigenvalue weighted by molar-refractivity contribution is -0.136. The van der Waals surface area contributed by atoms with Crippen LogP contribution in [0.3, 0.4) is 0 Å². The van der Waals surface area contributed by atoms with Crippen LogP contribution in [0.25, 0.3) is 11.4 Å². The van der Waals surface area contributed by atoms with Gasteiger partial charge in [0, 0.05) is 31.1 Å². The average molecular weight is 398 g/mol. The SMILES string of the molecule is Cc1nc(-c2ccc(N3CC(CN(C)C(=O)C4CCCCC4)OC3=O)cc2)no1. The van der Waals surface area contributed by atoms with Crippen molar-refractivity contribution in [3.05, 3.63) is 30.2 Å². The number of likely N-dealkylation sites (N-methyl/N-ethyl adjacent to an activating group) is 1. The fourth-order valence-electron chi connectivity index (χ4n) is 4.09. The summed E-state index contributed by atoms with van der Waals surface area (Å²) in [6.45, 7) is 2.57. The number of cyclic esters (lactones) is 1. The molecule has 1 aromatic heterocycles. The maximum absolute atomic E-state index is 12.6. The van der Waals surface area contributed by atoms with Crippen molar-refractivity contribution in [3.63, 3.8) is 0 Å². The molecule has 29 heavy (non-hydrogen) atoms. The number of carbonyl (C=O) groups is 2. The van der Waals surface area contributed by atoms with Crippen molar-refractivity contribution in [3.8, 4) is 11.4 Å². The Morgan fingerprint density at radius 3 is 2.59 bits per heavy atom. The molecule has 2 aliphatic rings. The number of hydrogen-bond donors (Lipinski definition) is 0. The molecule has 1 aliphatic carbocycles. The first-order chi connectivity index (χ1) is 14.0. The fraction of sp³-hybridized carbons (Fsp3) is 0.524. The molecule has 1 aliphatic heterocycles. The molecule has 8 heteroatoms. The molecule has 1 aromatic carbocycles. The summed E-state index contributed by atoms with van der Waals surface area (Å²) in [6.07, 6.45) is 4.66. The molecule has 2 fully saturated rings. The Morgan fingerprint density at radius 1 is 1.21 bits per heavy atom. The Hall–Kier alpha value is -2.90. The maximum Gasteiger partial charge on any atom is 0.414 e. The molecule has 8 nitrogen and oxygen atoms in total. The van der Waals surface area contributed by atoms with Gasteiger partial charge in [-0.1, -0.05) is 24.4 Å². The second-order valence-corrected chi connectivity index (χ2v) is 7.85. The highest BCUT2D eigenvalue weighted by molar-refractivity contribution is 5.90. The summed E-state index contributed by atoms with van der Waals surface area (Å²) >= 11 is 0. The highest BCUT2D eigenvalue weighted by Gasteiger charge is 2.34. The minimum Gasteiger partial charge on any atom is -0.442 e. The number of aryl methyl sites for hydroxylation is 1. The van der Waals surface area contributed by atoms with E-state index in [0.29, 0.717) is 24.8 Å². The number of ether oxygens (including phenoxy) is 1. The van der Waals surface area contributed by atoms with E-state index in [0.717, 1.165) is 36.9 Å². The van der Waals surface area contributed by atoms with Crippen LogP contribution in [0.5, 0.6) is 0 Å². The molecular formula is C21H26N4O4. The molecule has 0 N–H and O–H groups in total. The minimum atomic E-state index is -0.392. The predicted octanol–water partition coefficient (Wildman–Crippen LogP) is 3.41. The maximum atomic E-state index is 12.6. The van der Waals surface area contributed by atoms with Crippen molar-refractivity contribution in [2.75, 3.05) is 25.0 Å². The second-order valence-electron chi connectivity index (χ2n) is 7.85. The van der Waals surface area contributed by atoms with Crippen molar-refractivity contribution >= 4 is 17.7 Å². The van der Waals surface area contributed by atoms with Crippen molar-refractivity contribution in [1.29, 1.82) is 0 Å². The van der Waals surface area contributed by atoms with Gasteiger partial charge in [-0.3, -0.25) is 9.69 Å². The van der Waals surface area contributed by atoms with Crippen LogP contribution in [0.1, 0.15) is 38.0 Å². The van der Waals surface area contributed by atoms with Crippen LogP contribution in [0, 0.1) is 12.8 Å². The van der Waals surface area contributed by atoms with Gasteiger partial charge in [0.05, 0.1) is 13.1 Å². The van der Waals surface area contributed by atoms with E-state index in [1.807, 2.05) is 24.3 Å². The Kier molecular flexibility index (Phi) is 5.51. The molecule has 2 heterocycles.